The van der Waals surface area contributed by atoms with Crippen molar-refractivity contribution >= 4 is 39.9 Å². The van der Waals surface area contributed by atoms with Crippen molar-refractivity contribution in [2.75, 3.05) is 13.1 Å². The number of amides is 1. The maximum atomic E-state index is 13.5. The van der Waals surface area contributed by atoms with Crippen LogP contribution in [0.3, 0.4) is 0 Å². The molecule has 4 heterocycles. The lowest BCUT2D eigenvalue weighted by molar-refractivity contribution is -0.0364. The van der Waals surface area contributed by atoms with E-state index >= 15 is 0 Å². The molecule has 1 amide bonds. The number of benzene rings is 2. The molecule has 0 saturated carbocycles. The molecule has 0 bridgehead atoms. The van der Waals surface area contributed by atoms with Gasteiger partial charge >= 0.3 is 6.09 Å². The number of ether oxygens (including phenoxy) is 1. The Kier molecular flexibility index (Phi) is 7.95. The third kappa shape index (κ3) is 6.35. The third-order valence-electron chi connectivity index (χ3n) is 7.89. The summed E-state index contributed by atoms with van der Waals surface area (Å²) in [5.41, 5.74) is 4.32. The number of carbonyl (C=O) groups excluding carboxylic acids is 1. The summed E-state index contributed by atoms with van der Waals surface area (Å²) in [5, 5.41) is 18.7. The van der Waals surface area contributed by atoms with Crippen LogP contribution in [-0.2, 0) is 31.4 Å². The van der Waals surface area contributed by atoms with Crippen molar-refractivity contribution in [1.29, 1.82) is 0 Å². The fourth-order valence-electron chi connectivity index (χ4n) is 5.63. The summed E-state index contributed by atoms with van der Waals surface area (Å²) in [4.78, 5) is 32.4. The molecule has 0 atom stereocenters. The normalized spacial score (nSPS) is 15.6. The van der Waals surface area contributed by atoms with E-state index in [1.165, 1.54) is 22.6 Å². The summed E-state index contributed by atoms with van der Waals surface area (Å²) >= 11 is 1.22. The Bertz CT molecular complexity index is 1860. The first-order chi connectivity index (χ1) is 21.0. The Hall–Kier alpha value is -4.20. The van der Waals surface area contributed by atoms with Crippen molar-refractivity contribution in [3.63, 3.8) is 0 Å². The van der Waals surface area contributed by atoms with Gasteiger partial charge in [-0.1, -0.05) is 36.4 Å². The van der Waals surface area contributed by atoms with E-state index in [2.05, 4.69) is 35.1 Å². The third-order valence-corrected chi connectivity index (χ3v) is 8.43. The van der Waals surface area contributed by atoms with Gasteiger partial charge in [0, 0.05) is 38.8 Å². The van der Waals surface area contributed by atoms with Gasteiger partial charge in [0.15, 0.2) is 5.52 Å². The number of aromatic nitrogens is 6. The van der Waals surface area contributed by atoms with Gasteiger partial charge in [0.1, 0.15) is 22.2 Å². The van der Waals surface area contributed by atoms with E-state index in [1.807, 2.05) is 57.2 Å². The smallest absolute Gasteiger partial charge is 0.407 e. The standard InChI is InChI=1S/C31H36N8O4S/c1-30(2,3)43-29(41)32-16-20-8-10-21(11-9-20)27-25-26(34-37(27)4)28(40)39(19-33-25)18-31(42)12-14-38(15-13-31)17-22-6-5-7-23-24(22)36-44-35-23/h5-11,19,42H,12-18H2,1-4H3,(H,32,41). The van der Waals surface area contributed by atoms with Crippen molar-refractivity contribution in [1.82, 2.24) is 38.3 Å². The minimum absolute atomic E-state index is 0.152. The van der Waals surface area contributed by atoms with Crippen molar-refractivity contribution in [3.8, 4) is 11.3 Å². The van der Waals surface area contributed by atoms with Crippen molar-refractivity contribution in [2.45, 2.75) is 64.4 Å². The van der Waals surface area contributed by atoms with Crippen LogP contribution in [0.15, 0.2) is 53.6 Å². The highest BCUT2D eigenvalue weighted by Gasteiger charge is 2.33. The van der Waals surface area contributed by atoms with Gasteiger partial charge in [-0.2, -0.15) is 13.8 Å². The Labute approximate surface area is 258 Å². The molecule has 1 aliphatic heterocycles. The van der Waals surface area contributed by atoms with E-state index < -0.39 is 17.3 Å². The average Bonchev–Trinajstić information content (AvgIpc) is 3.59. The second-order valence-electron chi connectivity index (χ2n) is 12.4. The molecular weight excluding hydrogens is 580 g/mol. The van der Waals surface area contributed by atoms with Gasteiger partial charge in [-0.05, 0) is 50.8 Å². The number of carbonyl (C=O) groups is 1. The molecule has 12 nitrogen and oxygen atoms in total. The molecule has 2 aromatic carbocycles. The summed E-state index contributed by atoms with van der Waals surface area (Å²) in [7, 11) is 1.78. The molecule has 230 valence electrons. The van der Waals surface area contributed by atoms with Crippen LogP contribution in [0.1, 0.15) is 44.7 Å². The SMILES string of the molecule is Cn1nc2c(=O)n(CC3(O)CCN(Cc4cccc5nsnc45)CC3)cnc2c1-c1ccc(CNC(=O)OC(C)(C)C)cc1. The molecule has 13 heteroatoms. The van der Waals surface area contributed by atoms with Gasteiger partial charge in [0.05, 0.1) is 35.9 Å². The van der Waals surface area contributed by atoms with Gasteiger partial charge in [0.2, 0.25) is 0 Å². The summed E-state index contributed by atoms with van der Waals surface area (Å²) in [6.07, 6.45) is 2.10. The maximum Gasteiger partial charge on any atom is 0.407 e. The Morgan fingerprint density at radius 2 is 1.82 bits per heavy atom. The number of nitrogens with zero attached hydrogens (tertiary/aromatic N) is 7. The average molecular weight is 617 g/mol. The van der Waals surface area contributed by atoms with E-state index in [0.717, 1.165) is 34.3 Å². The summed E-state index contributed by atoms with van der Waals surface area (Å²) < 4.78 is 17.2. The number of aryl methyl sites for hydroxylation is 1. The zero-order chi connectivity index (χ0) is 31.1. The molecule has 0 spiro atoms. The fraction of sp³-hybridized carbons (Fsp3) is 0.419. The first-order valence-electron chi connectivity index (χ1n) is 14.6. The highest BCUT2D eigenvalue weighted by molar-refractivity contribution is 7.00. The van der Waals surface area contributed by atoms with Crippen LogP contribution < -0.4 is 10.9 Å². The minimum atomic E-state index is -1.02. The molecule has 2 N–H and O–H groups in total. The molecule has 0 unspecified atom stereocenters. The second-order valence-corrected chi connectivity index (χ2v) is 13.0. The van der Waals surface area contributed by atoms with Crippen LogP contribution in [0, 0.1) is 0 Å². The van der Waals surface area contributed by atoms with E-state index in [4.69, 9.17) is 4.74 Å². The van der Waals surface area contributed by atoms with Gasteiger partial charge in [-0.25, -0.2) is 9.78 Å². The van der Waals surface area contributed by atoms with Gasteiger partial charge in [-0.3, -0.25) is 18.9 Å². The van der Waals surface area contributed by atoms with Crippen LogP contribution in [0.25, 0.3) is 33.3 Å². The van der Waals surface area contributed by atoms with Crippen LogP contribution in [-0.4, -0.2) is 68.5 Å². The van der Waals surface area contributed by atoms with Crippen molar-refractivity contribution in [3.05, 3.63) is 70.3 Å². The monoisotopic (exact) mass is 616 g/mol. The summed E-state index contributed by atoms with van der Waals surface area (Å²) in [5.74, 6) is 0. The maximum absolute atomic E-state index is 13.5. The second kappa shape index (κ2) is 11.7. The predicted octanol–water partition coefficient (Wildman–Crippen LogP) is 3.85. The number of hydrogen-bond acceptors (Lipinski definition) is 10. The lowest BCUT2D eigenvalue weighted by atomic mass is 9.91. The minimum Gasteiger partial charge on any atom is -0.444 e. The van der Waals surface area contributed by atoms with Gasteiger partial charge in [0.25, 0.3) is 5.56 Å². The molecule has 1 fully saturated rings. The fourth-order valence-corrected chi connectivity index (χ4v) is 6.20. The number of nitrogens with one attached hydrogen (secondary N) is 1. The van der Waals surface area contributed by atoms with Crippen LogP contribution in [0.4, 0.5) is 4.79 Å². The molecule has 0 radical (unpaired) electrons. The lowest BCUT2D eigenvalue weighted by Crippen LogP contribution is -2.47. The van der Waals surface area contributed by atoms with E-state index in [1.54, 1.807) is 11.7 Å². The van der Waals surface area contributed by atoms with E-state index in [9.17, 15) is 14.7 Å². The molecule has 0 aliphatic carbocycles. The highest BCUT2D eigenvalue weighted by atomic mass is 32.1. The molecule has 5 aromatic rings. The largest absolute Gasteiger partial charge is 0.444 e. The van der Waals surface area contributed by atoms with Crippen molar-refractivity contribution < 1.29 is 14.6 Å². The highest BCUT2D eigenvalue weighted by Crippen LogP contribution is 2.28. The first kappa shape index (κ1) is 29.9. The topological polar surface area (TPSA) is 140 Å². The lowest BCUT2D eigenvalue weighted by Gasteiger charge is -2.38. The number of fused-ring (bicyclic) bond motifs is 2. The number of likely N-dealkylation sites (tertiary alicyclic amines) is 1. The van der Waals surface area contributed by atoms with Crippen LogP contribution in [0.2, 0.25) is 0 Å². The molecule has 44 heavy (non-hydrogen) atoms. The van der Waals surface area contributed by atoms with Crippen LogP contribution >= 0.6 is 11.7 Å². The Morgan fingerprint density at radius 3 is 2.55 bits per heavy atom. The van der Waals surface area contributed by atoms with Crippen molar-refractivity contribution in [2.24, 2.45) is 7.05 Å². The van der Waals surface area contributed by atoms with Gasteiger partial charge in [-0.15, -0.1) is 0 Å². The number of hydrogen-bond donors (Lipinski definition) is 2. The molecule has 1 saturated heterocycles. The Morgan fingerprint density at radius 1 is 1.07 bits per heavy atom. The number of alkyl carbamates (subject to hydrolysis) is 1. The van der Waals surface area contributed by atoms with Gasteiger partial charge < -0.3 is 15.2 Å². The number of piperidine rings is 1. The van der Waals surface area contributed by atoms with Crippen LogP contribution in [0.5, 0.6) is 0 Å². The Balaban J connectivity index is 1.12. The molecular formula is C31H36N8O4S. The predicted molar refractivity (Wildman–Crippen MR) is 168 cm³/mol. The summed E-state index contributed by atoms with van der Waals surface area (Å²) in [6.45, 7) is 8.07. The molecule has 1 aliphatic rings. The zero-order valence-electron chi connectivity index (χ0n) is 25.3. The molecule has 3 aromatic heterocycles. The zero-order valence-corrected chi connectivity index (χ0v) is 26.1. The number of rotatable bonds is 7. The molecule has 6 rings (SSSR count). The first-order valence-corrected chi connectivity index (χ1v) is 15.3. The summed E-state index contributed by atoms with van der Waals surface area (Å²) in [6, 6.07) is 13.7. The number of aliphatic hydroxyl groups is 1. The van der Waals surface area contributed by atoms with E-state index in [0.29, 0.717) is 43.7 Å². The quantitative estimate of drug-likeness (QED) is 0.279. The van der Waals surface area contributed by atoms with E-state index in [-0.39, 0.29) is 17.6 Å².